The van der Waals surface area contributed by atoms with Crippen LogP contribution in [-0.2, 0) is 17.3 Å². The van der Waals surface area contributed by atoms with Gasteiger partial charge >= 0.3 is 12.4 Å². The van der Waals surface area contributed by atoms with Crippen molar-refractivity contribution < 1.29 is 31.1 Å². The molecule has 12 heteroatoms. The Labute approximate surface area is 172 Å². The van der Waals surface area contributed by atoms with Crippen molar-refractivity contribution in [2.24, 2.45) is 0 Å². The number of benzene rings is 1. The van der Waals surface area contributed by atoms with Crippen molar-refractivity contribution in [3.8, 4) is 11.3 Å². The van der Waals surface area contributed by atoms with Gasteiger partial charge in [-0.1, -0.05) is 6.07 Å². The highest BCUT2D eigenvalue weighted by atomic mass is 19.4. The monoisotopic (exact) mass is 445 g/mol. The summed E-state index contributed by atoms with van der Waals surface area (Å²) in [6, 6.07) is 2.31. The Kier molecular flexibility index (Phi) is 5.50. The zero-order valence-corrected chi connectivity index (χ0v) is 16.0. The molecule has 1 aliphatic heterocycles. The lowest BCUT2D eigenvalue weighted by Gasteiger charge is -2.23. The second-order valence-electron chi connectivity index (χ2n) is 7.21. The molecule has 0 spiro atoms. The number of alkyl halides is 6. The summed E-state index contributed by atoms with van der Waals surface area (Å²) in [6.07, 6.45) is -6.71. The van der Waals surface area contributed by atoms with Crippen LogP contribution in [-0.4, -0.2) is 45.0 Å². The van der Waals surface area contributed by atoms with Gasteiger partial charge < -0.3 is 10.1 Å². The van der Waals surface area contributed by atoms with Crippen LogP contribution in [0.1, 0.15) is 24.0 Å². The van der Waals surface area contributed by atoms with E-state index in [0.29, 0.717) is 30.7 Å². The van der Waals surface area contributed by atoms with Crippen molar-refractivity contribution in [1.29, 1.82) is 0 Å². The third-order valence-electron chi connectivity index (χ3n) is 4.99. The van der Waals surface area contributed by atoms with Gasteiger partial charge in [-0.25, -0.2) is 4.98 Å². The highest BCUT2D eigenvalue weighted by Gasteiger charge is 2.34. The number of aromatic nitrogens is 4. The minimum Gasteiger partial charge on any atom is -0.381 e. The summed E-state index contributed by atoms with van der Waals surface area (Å²) >= 11 is 0. The zero-order chi connectivity index (χ0) is 22.2. The van der Waals surface area contributed by atoms with E-state index in [2.05, 4.69) is 20.5 Å². The van der Waals surface area contributed by atoms with Gasteiger partial charge in [0.15, 0.2) is 0 Å². The fourth-order valence-corrected chi connectivity index (χ4v) is 3.51. The second-order valence-corrected chi connectivity index (χ2v) is 7.21. The smallest absolute Gasteiger partial charge is 0.381 e. The topological polar surface area (TPSA) is 64.3 Å². The van der Waals surface area contributed by atoms with Crippen LogP contribution in [0.15, 0.2) is 30.7 Å². The van der Waals surface area contributed by atoms with Gasteiger partial charge in [0.1, 0.15) is 12.0 Å². The van der Waals surface area contributed by atoms with E-state index in [0.717, 1.165) is 25.0 Å². The van der Waals surface area contributed by atoms with Crippen molar-refractivity contribution in [2.75, 3.05) is 18.5 Å². The van der Waals surface area contributed by atoms with Gasteiger partial charge in [0, 0.05) is 24.8 Å². The van der Waals surface area contributed by atoms with E-state index in [1.165, 1.54) is 16.9 Å². The number of imidazole rings is 1. The van der Waals surface area contributed by atoms with Crippen LogP contribution in [0, 0.1) is 0 Å². The molecule has 0 bridgehead atoms. The summed E-state index contributed by atoms with van der Waals surface area (Å²) in [4.78, 5) is 4.02. The van der Waals surface area contributed by atoms with Crippen LogP contribution in [0.4, 0.5) is 32.3 Å². The second kappa shape index (κ2) is 7.98. The van der Waals surface area contributed by atoms with Gasteiger partial charge in [0.05, 0.1) is 23.7 Å². The van der Waals surface area contributed by atoms with Gasteiger partial charge in [-0.2, -0.15) is 26.3 Å². The molecular weight excluding hydrogens is 428 g/mol. The molecule has 1 saturated heterocycles. The first-order valence-corrected chi connectivity index (χ1v) is 9.42. The number of hydrogen-bond acceptors (Lipinski definition) is 5. The summed E-state index contributed by atoms with van der Waals surface area (Å²) in [5, 5.41) is 11.3. The quantitative estimate of drug-likeness (QED) is 0.599. The summed E-state index contributed by atoms with van der Waals surface area (Å²) in [6.45, 7) is 1.17. The van der Waals surface area contributed by atoms with E-state index in [9.17, 15) is 26.3 Å². The number of anilines is 1. The molecule has 0 unspecified atom stereocenters. The van der Waals surface area contributed by atoms with E-state index in [-0.39, 0.29) is 17.3 Å². The lowest BCUT2D eigenvalue weighted by molar-refractivity contribution is -0.138. The average Bonchev–Trinajstić information content (AvgIpc) is 3.18. The molecule has 6 nitrogen and oxygen atoms in total. The fourth-order valence-electron chi connectivity index (χ4n) is 3.51. The highest BCUT2D eigenvalue weighted by Crippen LogP contribution is 2.36. The lowest BCUT2D eigenvalue weighted by atomic mass is 9.98. The SMILES string of the molecule is FC(F)(F)Cc1cc(C(F)(F)F)ccc1-c1nnc(NC2CCOCC2)n2cncc12. The standard InChI is InChI=1S/C19H17F6N5O/c20-18(21,22)8-11-7-12(19(23,24)25)1-2-14(11)16-15-9-26-10-30(15)17(29-28-16)27-13-3-5-31-6-4-13/h1-2,7,9-10,13H,3-6,8H2,(H,27,29). The first-order valence-electron chi connectivity index (χ1n) is 9.42. The molecular formula is C19H17F6N5O. The highest BCUT2D eigenvalue weighted by molar-refractivity contribution is 5.79. The Morgan fingerprint density at radius 2 is 1.81 bits per heavy atom. The molecule has 0 amide bonds. The lowest BCUT2D eigenvalue weighted by Crippen LogP contribution is -2.29. The number of hydrogen-bond donors (Lipinski definition) is 1. The van der Waals surface area contributed by atoms with Gasteiger partial charge in [0.25, 0.3) is 0 Å². The fraction of sp³-hybridized carbons (Fsp3) is 0.421. The number of nitrogens with zero attached hydrogens (tertiary/aromatic N) is 4. The maximum atomic E-state index is 13.1. The molecule has 0 aliphatic carbocycles. The van der Waals surface area contributed by atoms with Crippen molar-refractivity contribution in [1.82, 2.24) is 19.6 Å². The summed E-state index contributed by atoms with van der Waals surface area (Å²) in [5.74, 6) is 0.340. The Hall–Kier alpha value is -2.89. The van der Waals surface area contributed by atoms with Crippen molar-refractivity contribution in [3.63, 3.8) is 0 Å². The number of rotatable bonds is 4. The van der Waals surface area contributed by atoms with Crippen molar-refractivity contribution in [3.05, 3.63) is 41.9 Å². The number of halogens is 6. The largest absolute Gasteiger partial charge is 0.416 e. The van der Waals surface area contributed by atoms with Crippen LogP contribution in [0.25, 0.3) is 16.8 Å². The van der Waals surface area contributed by atoms with E-state index in [1.54, 1.807) is 0 Å². The molecule has 1 N–H and O–H groups in total. The molecule has 0 radical (unpaired) electrons. The van der Waals surface area contributed by atoms with E-state index in [4.69, 9.17) is 4.74 Å². The molecule has 0 saturated carbocycles. The minimum atomic E-state index is -4.77. The van der Waals surface area contributed by atoms with Crippen LogP contribution in [0.5, 0.6) is 0 Å². The molecule has 4 rings (SSSR count). The maximum Gasteiger partial charge on any atom is 0.416 e. The Morgan fingerprint density at radius 1 is 1.06 bits per heavy atom. The van der Waals surface area contributed by atoms with Crippen molar-refractivity contribution in [2.45, 2.75) is 37.7 Å². The van der Waals surface area contributed by atoms with Crippen LogP contribution in [0.2, 0.25) is 0 Å². The number of nitrogens with one attached hydrogen (secondary N) is 1. The molecule has 1 aromatic carbocycles. The summed E-state index contributed by atoms with van der Waals surface area (Å²) in [5.41, 5.74) is -1.44. The molecule has 2 aromatic heterocycles. The third-order valence-corrected chi connectivity index (χ3v) is 4.99. The molecule has 1 aliphatic rings. The first-order chi connectivity index (χ1) is 14.6. The Morgan fingerprint density at radius 3 is 2.48 bits per heavy atom. The van der Waals surface area contributed by atoms with Gasteiger partial charge in [0.2, 0.25) is 5.95 Å². The summed E-state index contributed by atoms with van der Waals surface area (Å²) < 4.78 is 85.3. The molecule has 1 fully saturated rings. The van der Waals surface area contributed by atoms with Gasteiger partial charge in [-0.3, -0.25) is 4.40 Å². The van der Waals surface area contributed by atoms with Crippen LogP contribution >= 0.6 is 0 Å². The predicted molar refractivity (Wildman–Crippen MR) is 98.4 cm³/mol. The first kappa shape index (κ1) is 21.3. The summed E-state index contributed by atoms with van der Waals surface area (Å²) in [7, 11) is 0. The Bertz CT molecular complexity index is 1070. The Balaban J connectivity index is 1.77. The molecule has 0 atom stereocenters. The van der Waals surface area contributed by atoms with Crippen LogP contribution in [0.3, 0.4) is 0 Å². The van der Waals surface area contributed by atoms with Crippen molar-refractivity contribution >= 4 is 11.5 Å². The zero-order valence-electron chi connectivity index (χ0n) is 16.0. The third kappa shape index (κ3) is 4.73. The number of ether oxygens (including phenoxy) is 1. The molecule has 3 heterocycles. The minimum absolute atomic E-state index is 0.0167. The van der Waals surface area contributed by atoms with E-state index in [1.807, 2.05) is 0 Å². The van der Waals surface area contributed by atoms with Gasteiger partial charge in [-0.15, -0.1) is 10.2 Å². The molecule has 31 heavy (non-hydrogen) atoms. The normalized spacial score (nSPS) is 16.1. The van der Waals surface area contributed by atoms with Crippen LogP contribution < -0.4 is 5.32 Å². The maximum absolute atomic E-state index is 13.1. The average molecular weight is 445 g/mol. The van der Waals surface area contributed by atoms with Gasteiger partial charge in [-0.05, 0) is 30.5 Å². The van der Waals surface area contributed by atoms with E-state index < -0.39 is 29.9 Å². The predicted octanol–water partition coefficient (Wildman–Crippen LogP) is 4.51. The van der Waals surface area contributed by atoms with E-state index >= 15 is 0 Å². The molecule has 166 valence electrons. The molecule has 3 aromatic rings. The number of fused-ring (bicyclic) bond motifs is 1.